The molecule has 2 aromatic carbocycles. The third kappa shape index (κ3) is 4.91. The van der Waals surface area contributed by atoms with Gasteiger partial charge in [0.1, 0.15) is 11.3 Å². The van der Waals surface area contributed by atoms with Crippen LogP contribution in [-0.4, -0.2) is 48.3 Å². The predicted molar refractivity (Wildman–Crippen MR) is 129 cm³/mol. The molecule has 0 aliphatic carbocycles. The minimum Gasteiger partial charge on any atom is -0.494 e. The molecule has 0 aliphatic rings. The number of ether oxygens (including phenoxy) is 1. The molecule has 0 bridgehead atoms. The Labute approximate surface area is 196 Å². The van der Waals surface area contributed by atoms with Crippen LogP contribution < -0.4 is 9.64 Å². The van der Waals surface area contributed by atoms with Gasteiger partial charge in [0.25, 0.3) is 5.91 Å². The summed E-state index contributed by atoms with van der Waals surface area (Å²) < 4.78 is 33.0. The number of amides is 1. The Morgan fingerprint density at radius 1 is 1.21 bits per heavy atom. The maximum absolute atomic E-state index is 13.6. The number of hydrogen-bond donors (Lipinski definition) is 0. The first kappa shape index (κ1) is 22.9. The minimum absolute atomic E-state index is 0.0308. The first-order valence-corrected chi connectivity index (χ1v) is 12.9. The molecule has 10 heteroatoms. The second-order valence-electron chi connectivity index (χ2n) is 7.35. The Morgan fingerprint density at radius 3 is 2.76 bits per heavy atom. The Kier molecular flexibility index (Phi) is 6.75. The third-order valence-corrected chi connectivity index (χ3v) is 8.02. The summed E-state index contributed by atoms with van der Waals surface area (Å²) in [6.45, 7) is 2.67. The van der Waals surface area contributed by atoms with Gasteiger partial charge in [0.2, 0.25) is 0 Å². The summed E-state index contributed by atoms with van der Waals surface area (Å²) in [5.74, 6) is 0.306. The van der Waals surface area contributed by atoms with E-state index >= 15 is 0 Å². The number of anilines is 1. The lowest BCUT2D eigenvalue weighted by Gasteiger charge is -2.20. The van der Waals surface area contributed by atoms with Crippen molar-refractivity contribution >= 4 is 42.4 Å². The van der Waals surface area contributed by atoms with Crippen molar-refractivity contribution in [1.82, 2.24) is 14.5 Å². The molecular weight excluding hydrogens is 460 g/mol. The fourth-order valence-electron chi connectivity index (χ4n) is 3.45. The van der Waals surface area contributed by atoms with Crippen molar-refractivity contribution in [3.63, 3.8) is 0 Å². The summed E-state index contributed by atoms with van der Waals surface area (Å²) in [5.41, 5.74) is 0.994. The van der Waals surface area contributed by atoms with Gasteiger partial charge in [0.05, 0.1) is 28.8 Å². The molecule has 4 rings (SSSR count). The number of nitrogens with zero attached hydrogens (tertiary/aromatic N) is 4. The molecule has 8 nitrogen and oxygen atoms in total. The van der Waals surface area contributed by atoms with Crippen molar-refractivity contribution in [2.45, 2.75) is 24.8 Å². The number of rotatable bonds is 9. The van der Waals surface area contributed by atoms with Gasteiger partial charge in [0.15, 0.2) is 15.0 Å². The van der Waals surface area contributed by atoms with Crippen LogP contribution in [0.15, 0.2) is 66.1 Å². The second-order valence-corrected chi connectivity index (χ2v) is 10.6. The van der Waals surface area contributed by atoms with Gasteiger partial charge in [-0.25, -0.2) is 18.4 Å². The van der Waals surface area contributed by atoms with E-state index < -0.39 is 9.84 Å². The average molecular weight is 485 g/mol. The number of aromatic nitrogens is 3. The molecule has 2 heterocycles. The van der Waals surface area contributed by atoms with Gasteiger partial charge >= 0.3 is 0 Å². The van der Waals surface area contributed by atoms with Gasteiger partial charge in [-0.05, 0) is 36.8 Å². The lowest BCUT2D eigenvalue weighted by Crippen LogP contribution is -2.32. The fourth-order valence-corrected chi connectivity index (χ4v) is 5.38. The molecule has 0 saturated carbocycles. The summed E-state index contributed by atoms with van der Waals surface area (Å²) in [6, 6.07) is 11.8. The number of methoxy groups -OCH3 is 1. The Hall–Kier alpha value is -3.24. The maximum atomic E-state index is 13.6. The van der Waals surface area contributed by atoms with Crippen molar-refractivity contribution in [3.8, 4) is 5.75 Å². The number of carbonyl (C=O) groups excluding carboxylic acids is 1. The predicted octanol–water partition coefficient (Wildman–Crippen LogP) is 4.03. The van der Waals surface area contributed by atoms with E-state index in [-0.39, 0.29) is 16.6 Å². The molecule has 172 valence electrons. The van der Waals surface area contributed by atoms with Gasteiger partial charge in [-0.3, -0.25) is 9.69 Å². The van der Waals surface area contributed by atoms with E-state index in [1.54, 1.807) is 43.6 Å². The normalized spacial score (nSPS) is 11.6. The highest BCUT2D eigenvalue weighted by Gasteiger charge is 2.23. The summed E-state index contributed by atoms with van der Waals surface area (Å²) >= 11 is 1.40. The Balaban J connectivity index is 1.69. The smallest absolute Gasteiger partial charge is 0.260 e. The highest BCUT2D eigenvalue weighted by atomic mass is 32.2. The number of fused-ring (bicyclic) bond motifs is 1. The molecule has 0 fully saturated rings. The van der Waals surface area contributed by atoms with Gasteiger partial charge in [-0.2, -0.15) is 0 Å². The second kappa shape index (κ2) is 9.72. The molecular formula is C23H24N4O4S2. The van der Waals surface area contributed by atoms with Crippen molar-refractivity contribution in [3.05, 3.63) is 66.7 Å². The third-order valence-electron chi connectivity index (χ3n) is 5.24. The van der Waals surface area contributed by atoms with E-state index in [0.29, 0.717) is 41.5 Å². The number of sulfone groups is 1. The molecule has 2 aromatic heterocycles. The quantitative estimate of drug-likeness (QED) is 0.356. The van der Waals surface area contributed by atoms with E-state index in [9.17, 15) is 13.2 Å². The van der Waals surface area contributed by atoms with Crippen molar-refractivity contribution in [2.24, 2.45) is 0 Å². The zero-order chi connectivity index (χ0) is 23.4. The molecule has 0 radical (unpaired) electrons. The highest BCUT2D eigenvalue weighted by Crippen LogP contribution is 2.34. The molecule has 0 saturated heterocycles. The largest absolute Gasteiger partial charge is 0.494 e. The van der Waals surface area contributed by atoms with E-state index in [2.05, 4.69) is 4.98 Å². The van der Waals surface area contributed by atoms with Crippen LogP contribution >= 0.6 is 11.3 Å². The number of para-hydroxylation sites is 1. The standard InChI is InChI=1S/C23H24N4O4S2/c1-3-33(29,30)18-8-4-7-17(15-18)22(28)27(13-6-12-26-14-11-24-16-26)23-25-21-19(31-2)9-5-10-20(21)32-23/h4-5,7-11,14-16H,3,6,12-13H2,1-2H3. The van der Waals surface area contributed by atoms with Crippen molar-refractivity contribution < 1.29 is 17.9 Å². The summed E-state index contributed by atoms with van der Waals surface area (Å²) in [6.07, 6.45) is 5.98. The van der Waals surface area contributed by atoms with Gasteiger partial charge in [-0.1, -0.05) is 30.4 Å². The van der Waals surface area contributed by atoms with Crippen LogP contribution in [0, 0.1) is 0 Å². The summed E-state index contributed by atoms with van der Waals surface area (Å²) in [4.78, 5) is 24.1. The van der Waals surface area contributed by atoms with Gasteiger partial charge in [0, 0.05) is 31.0 Å². The van der Waals surface area contributed by atoms with Crippen LogP contribution in [0.1, 0.15) is 23.7 Å². The lowest BCUT2D eigenvalue weighted by molar-refractivity contribution is 0.0986. The van der Waals surface area contributed by atoms with Crippen LogP contribution in [-0.2, 0) is 16.4 Å². The van der Waals surface area contributed by atoms with Crippen molar-refractivity contribution in [2.75, 3.05) is 24.3 Å². The Bertz CT molecular complexity index is 1360. The highest BCUT2D eigenvalue weighted by molar-refractivity contribution is 7.91. The van der Waals surface area contributed by atoms with E-state index in [1.165, 1.54) is 23.5 Å². The van der Waals surface area contributed by atoms with Crippen LogP contribution in [0.2, 0.25) is 0 Å². The summed E-state index contributed by atoms with van der Waals surface area (Å²) in [5, 5.41) is 0.536. The molecule has 0 atom stereocenters. The lowest BCUT2D eigenvalue weighted by atomic mass is 10.2. The first-order chi connectivity index (χ1) is 15.9. The fraction of sp³-hybridized carbons (Fsp3) is 0.261. The molecule has 4 aromatic rings. The van der Waals surface area contributed by atoms with Crippen LogP contribution in [0.25, 0.3) is 10.2 Å². The Morgan fingerprint density at radius 2 is 2.03 bits per heavy atom. The van der Waals surface area contributed by atoms with Crippen LogP contribution in [0.5, 0.6) is 5.75 Å². The van der Waals surface area contributed by atoms with Crippen LogP contribution in [0.4, 0.5) is 5.13 Å². The maximum Gasteiger partial charge on any atom is 0.260 e. The molecule has 0 unspecified atom stereocenters. The van der Waals surface area contributed by atoms with Crippen LogP contribution in [0.3, 0.4) is 0 Å². The number of imidazole rings is 1. The summed E-state index contributed by atoms with van der Waals surface area (Å²) in [7, 11) is -1.85. The number of carbonyl (C=O) groups is 1. The van der Waals surface area contributed by atoms with Gasteiger partial charge in [-0.15, -0.1) is 0 Å². The number of aryl methyl sites for hydroxylation is 1. The van der Waals surface area contributed by atoms with Crippen molar-refractivity contribution in [1.29, 1.82) is 0 Å². The van der Waals surface area contributed by atoms with E-state index in [4.69, 9.17) is 9.72 Å². The number of thiazole rings is 1. The molecule has 33 heavy (non-hydrogen) atoms. The average Bonchev–Trinajstić information content (AvgIpc) is 3.51. The minimum atomic E-state index is -3.43. The molecule has 0 spiro atoms. The molecule has 0 aliphatic heterocycles. The SMILES string of the molecule is CCS(=O)(=O)c1cccc(C(=O)N(CCCn2ccnc2)c2nc3c(OC)cccc3s2)c1. The number of hydrogen-bond acceptors (Lipinski definition) is 7. The van der Waals surface area contributed by atoms with Gasteiger partial charge < -0.3 is 9.30 Å². The topological polar surface area (TPSA) is 94.4 Å². The number of benzene rings is 2. The first-order valence-electron chi connectivity index (χ1n) is 10.5. The van der Waals surface area contributed by atoms with E-state index in [1.807, 2.05) is 29.0 Å². The monoisotopic (exact) mass is 484 g/mol. The molecule has 1 amide bonds. The zero-order valence-corrected chi connectivity index (χ0v) is 20.0. The van der Waals surface area contributed by atoms with E-state index in [0.717, 1.165) is 4.70 Å². The molecule has 0 N–H and O–H groups in total. The zero-order valence-electron chi connectivity index (χ0n) is 18.3.